The molecule has 0 N–H and O–H groups in total. The maximum absolute atomic E-state index is 12.8. The van der Waals surface area contributed by atoms with Gasteiger partial charge in [0.15, 0.2) is 11.6 Å². The van der Waals surface area contributed by atoms with E-state index in [-0.39, 0.29) is 13.2 Å². The van der Waals surface area contributed by atoms with Gasteiger partial charge in [0.1, 0.15) is 5.92 Å². The van der Waals surface area contributed by atoms with Crippen molar-refractivity contribution in [3.05, 3.63) is 39.4 Å². The molecule has 1 fully saturated rings. The topological polar surface area (TPSA) is 86.5 Å². The Morgan fingerprint density at radius 3 is 2.42 bits per heavy atom. The number of Topliss-reactive ketones (excluding diaryl/α,β-unsaturated/α-hetero) is 2. The summed E-state index contributed by atoms with van der Waals surface area (Å²) in [5.74, 6) is -2.57. The lowest BCUT2D eigenvalue weighted by molar-refractivity contribution is -0.385. The summed E-state index contributed by atoms with van der Waals surface area (Å²) < 4.78 is 43.6. The van der Waals surface area contributed by atoms with Crippen LogP contribution in [0, 0.1) is 21.4 Å². The third-order valence-electron chi connectivity index (χ3n) is 4.50. The van der Waals surface area contributed by atoms with Crippen LogP contribution in [0.25, 0.3) is 0 Å². The smallest absolute Gasteiger partial charge is 0.381 e. The Hall–Kier alpha value is -2.29. The van der Waals surface area contributed by atoms with Crippen LogP contribution in [0.4, 0.5) is 18.9 Å². The molecule has 0 bridgehead atoms. The number of hydrogen-bond donors (Lipinski definition) is 0. The van der Waals surface area contributed by atoms with Gasteiger partial charge in [0.05, 0.1) is 22.7 Å². The van der Waals surface area contributed by atoms with E-state index < -0.39 is 50.8 Å². The summed E-state index contributed by atoms with van der Waals surface area (Å²) in [5.41, 5.74) is -3.41. The molecule has 1 unspecified atom stereocenters. The number of nitrogens with zero attached hydrogens (tertiary/aromatic N) is 1. The Kier molecular flexibility index (Phi) is 5.50. The second-order valence-corrected chi connectivity index (χ2v) is 6.49. The Morgan fingerprint density at radius 1 is 1.35 bits per heavy atom. The fraction of sp³-hybridized carbons (Fsp3) is 0.529. The van der Waals surface area contributed by atoms with Crippen LogP contribution in [0.2, 0.25) is 0 Å². The highest BCUT2D eigenvalue weighted by atomic mass is 19.4. The van der Waals surface area contributed by atoms with Gasteiger partial charge in [-0.15, -0.1) is 0 Å². The zero-order chi connectivity index (χ0) is 19.7. The highest BCUT2D eigenvalue weighted by Crippen LogP contribution is 2.48. The van der Waals surface area contributed by atoms with Gasteiger partial charge in [0.2, 0.25) is 0 Å². The molecule has 0 saturated heterocycles. The zero-order valence-electron chi connectivity index (χ0n) is 14.3. The van der Waals surface area contributed by atoms with Crippen LogP contribution in [-0.4, -0.2) is 29.7 Å². The van der Waals surface area contributed by atoms with Crippen LogP contribution >= 0.6 is 0 Å². The summed E-state index contributed by atoms with van der Waals surface area (Å²) in [6.45, 7) is 3.30. The largest absolute Gasteiger partial charge is 0.416 e. The summed E-state index contributed by atoms with van der Waals surface area (Å²) in [4.78, 5) is 35.5. The average molecular weight is 373 g/mol. The molecule has 0 amide bonds. The van der Waals surface area contributed by atoms with Crippen molar-refractivity contribution in [2.24, 2.45) is 11.3 Å². The summed E-state index contributed by atoms with van der Waals surface area (Å²) in [6.07, 6.45) is -3.60. The summed E-state index contributed by atoms with van der Waals surface area (Å²) in [6, 6.07) is 1.67. The number of benzene rings is 1. The normalized spacial score (nSPS) is 16.8. The van der Waals surface area contributed by atoms with Crippen molar-refractivity contribution in [2.45, 2.75) is 32.9 Å². The van der Waals surface area contributed by atoms with Crippen LogP contribution in [0.3, 0.4) is 0 Å². The molecule has 1 atom stereocenters. The maximum Gasteiger partial charge on any atom is 0.416 e. The second-order valence-electron chi connectivity index (χ2n) is 6.49. The van der Waals surface area contributed by atoms with E-state index in [9.17, 15) is 32.9 Å². The van der Waals surface area contributed by atoms with E-state index >= 15 is 0 Å². The molecule has 0 spiro atoms. The summed E-state index contributed by atoms with van der Waals surface area (Å²) >= 11 is 0. The minimum absolute atomic E-state index is 0.225. The van der Waals surface area contributed by atoms with Gasteiger partial charge < -0.3 is 4.74 Å². The first-order valence-corrected chi connectivity index (χ1v) is 8.03. The van der Waals surface area contributed by atoms with Gasteiger partial charge in [-0.1, -0.05) is 6.92 Å². The van der Waals surface area contributed by atoms with E-state index in [1.165, 1.54) is 0 Å². The number of halogens is 3. The monoisotopic (exact) mass is 373 g/mol. The Morgan fingerprint density at radius 2 is 1.96 bits per heavy atom. The minimum Gasteiger partial charge on any atom is -0.381 e. The van der Waals surface area contributed by atoms with Gasteiger partial charge in [0.25, 0.3) is 5.69 Å². The van der Waals surface area contributed by atoms with E-state index in [1.807, 2.05) is 0 Å². The summed E-state index contributed by atoms with van der Waals surface area (Å²) in [5, 5.41) is 11.2. The van der Waals surface area contributed by atoms with E-state index in [0.717, 1.165) is 6.07 Å². The number of nitro groups is 1. The predicted molar refractivity (Wildman–Crippen MR) is 84.8 cm³/mol. The lowest BCUT2D eigenvalue weighted by atomic mass is 9.85. The molecule has 9 heteroatoms. The Labute approximate surface area is 147 Å². The minimum atomic E-state index is -4.78. The van der Waals surface area contributed by atoms with Gasteiger partial charge in [-0.05, 0) is 31.9 Å². The number of ether oxygens (including phenoxy) is 1. The van der Waals surface area contributed by atoms with Crippen molar-refractivity contribution in [3.8, 4) is 0 Å². The van der Waals surface area contributed by atoms with E-state index in [2.05, 4.69) is 0 Å². The van der Waals surface area contributed by atoms with Crippen molar-refractivity contribution < 1.29 is 32.4 Å². The zero-order valence-corrected chi connectivity index (χ0v) is 14.3. The van der Waals surface area contributed by atoms with Gasteiger partial charge in [0, 0.05) is 18.1 Å². The quantitative estimate of drug-likeness (QED) is 0.299. The fourth-order valence-electron chi connectivity index (χ4n) is 2.62. The summed E-state index contributed by atoms with van der Waals surface area (Å²) in [7, 11) is 0. The molecule has 2 rings (SSSR count). The Balaban J connectivity index is 2.44. The number of hydrogen-bond acceptors (Lipinski definition) is 5. The molecule has 26 heavy (non-hydrogen) atoms. The third kappa shape index (κ3) is 4.09. The molecule has 1 aromatic carbocycles. The number of rotatable bonds is 8. The standard InChI is InChI=1S/C17H18F3NO5/c1-3-26-9-12(15(23)16(2)6-7-16)14(22)11-5-4-10(17(18,19)20)8-13(11)21(24)25/h4-5,8,12H,3,6-7,9H2,1-2H3. The van der Waals surface area contributed by atoms with Crippen LogP contribution in [0.15, 0.2) is 18.2 Å². The molecular weight excluding hydrogens is 355 g/mol. The van der Waals surface area contributed by atoms with Crippen LogP contribution in [-0.2, 0) is 15.7 Å². The first-order valence-electron chi connectivity index (χ1n) is 8.03. The number of ketones is 2. The molecule has 0 heterocycles. The number of carbonyl (C=O) groups is 2. The lowest BCUT2D eigenvalue weighted by Gasteiger charge is -2.18. The van der Waals surface area contributed by atoms with E-state index in [0.29, 0.717) is 25.0 Å². The third-order valence-corrected chi connectivity index (χ3v) is 4.50. The molecule has 1 saturated carbocycles. The number of nitro benzene ring substituents is 1. The predicted octanol–water partition coefficient (Wildman–Crippen LogP) is 3.82. The molecule has 6 nitrogen and oxygen atoms in total. The van der Waals surface area contributed by atoms with Gasteiger partial charge in [-0.25, -0.2) is 0 Å². The van der Waals surface area contributed by atoms with Crippen molar-refractivity contribution in [1.29, 1.82) is 0 Å². The molecule has 0 radical (unpaired) electrons. The van der Waals surface area contributed by atoms with Crippen molar-refractivity contribution in [3.63, 3.8) is 0 Å². The first kappa shape index (κ1) is 20.0. The van der Waals surface area contributed by atoms with Gasteiger partial charge in [-0.2, -0.15) is 13.2 Å². The lowest BCUT2D eigenvalue weighted by Crippen LogP contribution is -2.34. The SMILES string of the molecule is CCOCC(C(=O)c1ccc(C(F)(F)F)cc1[N+](=O)[O-])C(=O)C1(C)CC1. The van der Waals surface area contributed by atoms with Gasteiger partial charge in [-0.3, -0.25) is 19.7 Å². The molecule has 1 aromatic rings. The van der Waals surface area contributed by atoms with Gasteiger partial charge >= 0.3 is 6.18 Å². The van der Waals surface area contributed by atoms with Crippen LogP contribution in [0.1, 0.15) is 42.6 Å². The average Bonchev–Trinajstić information content (AvgIpc) is 3.32. The number of alkyl halides is 3. The molecule has 0 aromatic heterocycles. The second kappa shape index (κ2) is 7.14. The van der Waals surface area contributed by atoms with Crippen molar-refractivity contribution >= 4 is 17.3 Å². The number of carbonyl (C=O) groups excluding carboxylic acids is 2. The first-order chi connectivity index (χ1) is 12.0. The van der Waals surface area contributed by atoms with Crippen molar-refractivity contribution in [2.75, 3.05) is 13.2 Å². The molecule has 142 valence electrons. The fourth-order valence-corrected chi connectivity index (χ4v) is 2.62. The maximum atomic E-state index is 12.8. The van der Waals surface area contributed by atoms with E-state index in [4.69, 9.17) is 4.74 Å². The Bertz CT molecular complexity index is 740. The highest BCUT2D eigenvalue weighted by Gasteiger charge is 2.50. The molecule has 0 aliphatic heterocycles. The molecular formula is C17H18F3NO5. The van der Waals surface area contributed by atoms with Crippen LogP contribution in [0.5, 0.6) is 0 Å². The van der Waals surface area contributed by atoms with E-state index in [1.54, 1.807) is 13.8 Å². The van der Waals surface area contributed by atoms with Crippen molar-refractivity contribution in [1.82, 2.24) is 0 Å². The highest BCUT2D eigenvalue weighted by molar-refractivity contribution is 6.14. The molecule has 1 aliphatic carbocycles. The van der Waals surface area contributed by atoms with Crippen LogP contribution < -0.4 is 0 Å². The molecule has 1 aliphatic rings.